The smallest absolute Gasteiger partial charge is 0.0727 e. The van der Waals surface area contributed by atoms with Gasteiger partial charge in [-0.25, -0.2) is 0 Å². The first kappa shape index (κ1) is 10.7. The molecule has 0 aromatic rings. The third-order valence-corrected chi connectivity index (χ3v) is 2.76. The molecule has 0 radical (unpaired) electrons. The summed E-state index contributed by atoms with van der Waals surface area (Å²) in [5.41, 5.74) is -0.768. The first-order chi connectivity index (χ1) is 4.73. The summed E-state index contributed by atoms with van der Waals surface area (Å²) < 4.78 is 0. The van der Waals surface area contributed by atoms with Crippen LogP contribution in [0.3, 0.4) is 0 Å². The van der Waals surface area contributed by atoms with Gasteiger partial charge >= 0.3 is 0 Å². The first-order valence-electron chi connectivity index (χ1n) is 4.08. The van der Waals surface area contributed by atoms with Crippen LogP contribution in [0.25, 0.3) is 0 Å². The molecule has 0 spiro atoms. The van der Waals surface area contributed by atoms with Gasteiger partial charge in [-0.15, -0.1) is 6.58 Å². The Labute approximate surface area is 70.1 Å². The van der Waals surface area contributed by atoms with E-state index >= 15 is 0 Å². The van der Waals surface area contributed by atoms with Gasteiger partial charge in [0.1, 0.15) is 0 Å². The summed E-state index contributed by atoms with van der Waals surface area (Å²) in [4.78, 5) is 0. The van der Waals surface area contributed by atoms with E-state index in [0.29, 0.717) is 0 Å². The molecule has 2 unspecified atom stereocenters. The fourth-order valence-corrected chi connectivity index (χ4v) is 0.912. The highest BCUT2D eigenvalue weighted by atomic mass is 16.3. The van der Waals surface area contributed by atoms with Crippen LogP contribution < -0.4 is 0 Å². The van der Waals surface area contributed by atoms with E-state index in [-0.39, 0.29) is 11.3 Å². The Bertz CT molecular complexity index is 139. The molecule has 0 aromatic heterocycles. The molecule has 2 atom stereocenters. The minimum Gasteiger partial charge on any atom is -0.389 e. The number of aliphatic hydroxyl groups is 1. The van der Waals surface area contributed by atoms with Crippen LogP contribution in [-0.4, -0.2) is 10.7 Å². The highest BCUT2D eigenvalue weighted by molar-refractivity contribution is 4.97. The SMILES string of the molecule is C=CC(C)C(C)(O)C(C)(C)C. The monoisotopic (exact) mass is 156 g/mol. The predicted molar refractivity (Wildman–Crippen MR) is 49.4 cm³/mol. The van der Waals surface area contributed by atoms with E-state index in [9.17, 15) is 5.11 Å². The standard InChI is InChI=1S/C10H20O/c1-7-8(2)10(6,11)9(3,4)5/h7-8,11H,1H2,2-6H3. The lowest BCUT2D eigenvalue weighted by atomic mass is 9.71. The van der Waals surface area contributed by atoms with E-state index in [1.165, 1.54) is 0 Å². The van der Waals surface area contributed by atoms with Crippen LogP contribution in [0.15, 0.2) is 12.7 Å². The second-order valence-electron chi connectivity index (χ2n) is 4.42. The predicted octanol–water partition coefficient (Wildman–Crippen LogP) is 2.61. The van der Waals surface area contributed by atoms with Gasteiger partial charge in [-0.2, -0.15) is 0 Å². The number of rotatable bonds is 2. The van der Waals surface area contributed by atoms with Gasteiger partial charge in [0.05, 0.1) is 5.60 Å². The Morgan fingerprint density at radius 3 is 1.73 bits per heavy atom. The zero-order chi connectivity index (χ0) is 9.28. The fraction of sp³-hybridized carbons (Fsp3) is 0.800. The van der Waals surface area contributed by atoms with Crippen molar-refractivity contribution in [3.63, 3.8) is 0 Å². The van der Waals surface area contributed by atoms with Gasteiger partial charge in [-0.1, -0.05) is 33.8 Å². The van der Waals surface area contributed by atoms with Crippen LogP contribution >= 0.6 is 0 Å². The summed E-state index contributed by atoms with van der Waals surface area (Å²) in [6.07, 6.45) is 1.80. The Kier molecular flexibility index (Phi) is 2.90. The maximum absolute atomic E-state index is 10.0. The second kappa shape index (κ2) is 2.98. The molecule has 0 aliphatic rings. The van der Waals surface area contributed by atoms with Crippen LogP contribution in [0.4, 0.5) is 0 Å². The van der Waals surface area contributed by atoms with Crippen LogP contribution in [0.2, 0.25) is 0 Å². The molecule has 0 heterocycles. The van der Waals surface area contributed by atoms with Crippen molar-refractivity contribution in [3.05, 3.63) is 12.7 Å². The Morgan fingerprint density at radius 1 is 1.27 bits per heavy atom. The topological polar surface area (TPSA) is 20.2 Å². The zero-order valence-corrected chi connectivity index (χ0v) is 8.31. The second-order valence-corrected chi connectivity index (χ2v) is 4.42. The lowest BCUT2D eigenvalue weighted by Crippen LogP contribution is -2.44. The molecule has 0 rings (SSSR count). The Balaban J connectivity index is 4.58. The molecule has 1 heteroatoms. The fourth-order valence-electron chi connectivity index (χ4n) is 0.912. The average molecular weight is 156 g/mol. The van der Waals surface area contributed by atoms with Crippen molar-refractivity contribution in [3.8, 4) is 0 Å². The minimum absolute atomic E-state index is 0.0966. The van der Waals surface area contributed by atoms with E-state index < -0.39 is 5.60 Å². The van der Waals surface area contributed by atoms with Crippen molar-refractivity contribution in [1.29, 1.82) is 0 Å². The highest BCUT2D eigenvalue weighted by Gasteiger charge is 2.38. The summed E-state index contributed by atoms with van der Waals surface area (Å²) in [6, 6.07) is 0. The molecular formula is C10H20O. The lowest BCUT2D eigenvalue weighted by molar-refractivity contribution is -0.0696. The molecule has 0 saturated heterocycles. The van der Waals surface area contributed by atoms with Crippen LogP contribution in [0, 0.1) is 11.3 Å². The molecule has 11 heavy (non-hydrogen) atoms. The summed E-state index contributed by atoms with van der Waals surface area (Å²) in [6.45, 7) is 13.6. The Morgan fingerprint density at radius 2 is 1.64 bits per heavy atom. The average Bonchev–Trinajstić information content (AvgIpc) is 1.83. The molecule has 0 aliphatic heterocycles. The molecule has 1 nitrogen and oxygen atoms in total. The van der Waals surface area contributed by atoms with E-state index in [0.717, 1.165) is 0 Å². The van der Waals surface area contributed by atoms with E-state index in [2.05, 4.69) is 6.58 Å². The third-order valence-electron chi connectivity index (χ3n) is 2.76. The molecule has 0 fully saturated rings. The largest absolute Gasteiger partial charge is 0.389 e. The molecular weight excluding hydrogens is 136 g/mol. The molecule has 0 amide bonds. The lowest BCUT2D eigenvalue weighted by Gasteiger charge is -2.40. The van der Waals surface area contributed by atoms with Crippen molar-refractivity contribution in [1.82, 2.24) is 0 Å². The van der Waals surface area contributed by atoms with Gasteiger partial charge in [-0.05, 0) is 12.3 Å². The quantitative estimate of drug-likeness (QED) is 0.609. The number of hydrogen-bond acceptors (Lipinski definition) is 1. The minimum atomic E-state index is -0.672. The van der Waals surface area contributed by atoms with Crippen molar-refractivity contribution in [2.24, 2.45) is 11.3 Å². The summed E-state index contributed by atoms with van der Waals surface area (Å²) >= 11 is 0. The molecule has 66 valence electrons. The van der Waals surface area contributed by atoms with Gasteiger partial charge in [-0.3, -0.25) is 0 Å². The van der Waals surface area contributed by atoms with Gasteiger partial charge in [0.2, 0.25) is 0 Å². The van der Waals surface area contributed by atoms with Gasteiger partial charge in [0.25, 0.3) is 0 Å². The number of hydrogen-bond donors (Lipinski definition) is 1. The van der Waals surface area contributed by atoms with Gasteiger partial charge in [0, 0.05) is 5.92 Å². The van der Waals surface area contributed by atoms with E-state index in [1.54, 1.807) is 6.08 Å². The van der Waals surface area contributed by atoms with Crippen LogP contribution in [-0.2, 0) is 0 Å². The Hall–Kier alpha value is -0.300. The molecule has 1 N–H and O–H groups in total. The van der Waals surface area contributed by atoms with E-state index in [1.807, 2.05) is 34.6 Å². The van der Waals surface area contributed by atoms with Crippen molar-refractivity contribution < 1.29 is 5.11 Å². The zero-order valence-electron chi connectivity index (χ0n) is 8.31. The van der Waals surface area contributed by atoms with Crippen molar-refractivity contribution in [2.75, 3.05) is 0 Å². The third kappa shape index (κ3) is 2.06. The maximum Gasteiger partial charge on any atom is 0.0727 e. The molecule has 0 saturated carbocycles. The summed E-state index contributed by atoms with van der Waals surface area (Å²) in [5, 5.41) is 10.0. The highest BCUT2D eigenvalue weighted by Crippen LogP contribution is 2.36. The van der Waals surface area contributed by atoms with Gasteiger partial charge in [0.15, 0.2) is 0 Å². The first-order valence-corrected chi connectivity index (χ1v) is 4.08. The van der Waals surface area contributed by atoms with Crippen LogP contribution in [0.5, 0.6) is 0 Å². The van der Waals surface area contributed by atoms with Gasteiger partial charge < -0.3 is 5.11 Å². The molecule has 0 aromatic carbocycles. The normalized spacial score (nSPS) is 20.5. The van der Waals surface area contributed by atoms with E-state index in [4.69, 9.17) is 0 Å². The summed E-state index contributed by atoms with van der Waals surface area (Å²) in [5.74, 6) is 0.127. The maximum atomic E-state index is 10.0. The van der Waals surface area contributed by atoms with Crippen molar-refractivity contribution >= 4 is 0 Å². The van der Waals surface area contributed by atoms with Crippen molar-refractivity contribution in [2.45, 2.75) is 40.2 Å². The summed E-state index contributed by atoms with van der Waals surface area (Å²) in [7, 11) is 0. The van der Waals surface area contributed by atoms with Crippen LogP contribution in [0.1, 0.15) is 34.6 Å². The molecule has 0 bridgehead atoms. The molecule has 0 aliphatic carbocycles.